The molecule has 0 rings (SSSR count). The fraction of sp³-hybridized carbons (Fsp3) is 0.756. The van der Waals surface area contributed by atoms with Gasteiger partial charge in [0.05, 0.1) is 20.0 Å². The molecule has 1 unspecified atom stereocenters. The fourth-order valence-corrected chi connectivity index (χ4v) is 6.09. The van der Waals surface area contributed by atoms with Crippen molar-refractivity contribution in [3.63, 3.8) is 0 Å². The number of phosphoric ester groups is 1. The third-order valence-electron chi connectivity index (χ3n) is 8.91. The maximum absolute atomic E-state index is 12.9. The number of unbranched alkanes of at least 4 members (excludes halogenated alkanes) is 19. The summed E-state index contributed by atoms with van der Waals surface area (Å²) in [6.45, 7) is -4.44. The van der Waals surface area contributed by atoms with E-state index < -0.39 is 57.6 Å². The molecule has 0 heterocycles. The maximum Gasteiger partial charge on any atom is 0.472 e. The number of hydrogen-bond donors (Lipinski definition) is 3. The van der Waals surface area contributed by atoms with Crippen LogP contribution in [0.5, 0.6) is 0 Å². The Morgan fingerprint density at radius 2 is 1.02 bits per heavy atom. The molecule has 0 bridgehead atoms. The molecular formula is C45H80NNaO10P. The van der Waals surface area contributed by atoms with E-state index in [0.29, 0.717) is 25.7 Å². The molecular weight excluding hydrogens is 768 g/mol. The zero-order valence-corrected chi connectivity index (χ0v) is 39.1. The second kappa shape index (κ2) is 43.5. The summed E-state index contributed by atoms with van der Waals surface area (Å²) in [7, 11) is -5.61. The van der Waals surface area contributed by atoms with Gasteiger partial charge < -0.3 is 25.2 Å². The van der Waals surface area contributed by atoms with Crippen LogP contribution in [0, 0.1) is 0 Å². The van der Waals surface area contributed by atoms with Crippen LogP contribution in [0.2, 0.25) is 0 Å². The van der Waals surface area contributed by atoms with Gasteiger partial charge in [-0.1, -0.05) is 165 Å². The van der Waals surface area contributed by atoms with Crippen LogP contribution in [0.1, 0.15) is 194 Å². The zero-order chi connectivity index (χ0) is 46.6. The first-order chi connectivity index (χ1) is 29.4. The molecule has 0 fully saturated rings. The number of hydrogen-bond acceptors (Lipinski definition) is 9. The second-order valence-corrected chi connectivity index (χ2v) is 15.7. The van der Waals surface area contributed by atoms with Crippen LogP contribution in [0.15, 0.2) is 48.6 Å². The number of carbonyl (C=O) groups excluding carboxylic acids is 2. The van der Waals surface area contributed by atoms with Crippen LogP contribution >= 0.6 is 7.82 Å². The van der Waals surface area contributed by atoms with Crippen molar-refractivity contribution in [3.05, 3.63) is 48.6 Å². The van der Waals surface area contributed by atoms with Crippen molar-refractivity contribution in [2.24, 2.45) is 5.73 Å². The molecule has 11 nitrogen and oxygen atoms in total. The summed E-state index contributed by atoms with van der Waals surface area (Å²) in [6, 6.07) is -1.81. The third kappa shape index (κ3) is 42.6. The number of carbonyl (C=O) groups is 3. The average molecular weight is 854 g/mol. The number of aliphatic carboxylic acids is 1. The summed E-state index contributed by atoms with van der Waals surface area (Å²) < 4.78 is 73.5. The Balaban J connectivity index is 0. The van der Waals surface area contributed by atoms with Gasteiger partial charge in [-0.25, -0.2) is 4.57 Å². The predicted molar refractivity (Wildman–Crippen MR) is 237 cm³/mol. The summed E-state index contributed by atoms with van der Waals surface area (Å²) in [5, 5.41) is 8.95. The number of nitrogens with two attached hydrogens (primary N) is 1. The second-order valence-electron chi connectivity index (χ2n) is 14.3. The van der Waals surface area contributed by atoms with Gasteiger partial charge in [0.1, 0.15) is 12.6 Å². The Kier molecular flexibility index (Phi) is 36.8. The molecule has 0 aromatic heterocycles. The molecule has 3 atom stereocenters. The van der Waals surface area contributed by atoms with E-state index in [1.165, 1.54) is 70.6 Å². The van der Waals surface area contributed by atoms with Crippen LogP contribution in [0.3, 0.4) is 0 Å². The molecule has 0 aromatic rings. The van der Waals surface area contributed by atoms with Gasteiger partial charge in [0.2, 0.25) is 0 Å². The Bertz CT molecular complexity index is 1390. The number of allylic oxidation sites excluding steroid dienone is 8. The van der Waals surface area contributed by atoms with E-state index >= 15 is 0 Å². The van der Waals surface area contributed by atoms with Gasteiger partial charge in [0.15, 0.2) is 6.08 Å². The van der Waals surface area contributed by atoms with Crippen molar-refractivity contribution in [2.45, 2.75) is 199 Å². The maximum atomic E-state index is 12.9. The minimum absolute atomic E-state index is 0. The van der Waals surface area contributed by atoms with Gasteiger partial charge in [-0.15, -0.1) is 0 Å². The SMILES string of the molecule is [2H]C([2H])(OC(=O)CCCCCCCCCCCCCCCC)[C@@]([2H])(OC(=O)CCCCC/C=C\C/C=C\C/C=C\C/C=C\CCCCC)C([2H])([2H])OP(=O)(O)OC[C@H](N)C(=O)O.[Na]. The molecule has 58 heavy (non-hydrogen) atoms. The quantitative estimate of drug-likeness (QED) is 0.0176. The molecule has 0 amide bonds. The molecule has 0 saturated carbocycles. The van der Waals surface area contributed by atoms with E-state index in [2.05, 4.69) is 59.4 Å². The smallest absolute Gasteiger partial charge is 0.472 e. The number of carboxylic acids is 1. The van der Waals surface area contributed by atoms with E-state index in [1.54, 1.807) is 0 Å². The molecule has 1 radical (unpaired) electrons. The average Bonchev–Trinajstić information content (AvgIpc) is 3.20. The van der Waals surface area contributed by atoms with Crippen LogP contribution in [-0.4, -0.2) is 89.3 Å². The van der Waals surface area contributed by atoms with Gasteiger partial charge in [0, 0.05) is 42.4 Å². The standard InChI is InChI=1S/C45H80NO10P.Na/c1-3-5-7-9-11-13-15-17-19-20-21-22-23-25-27-29-31-33-35-37-44(48)56-41(39-54-57(51,52)55-40-42(46)45(49)50)38-53-43(47)36-34-32-30-28-26-24-18-16-14-12-10-8-6-4-2;/h11,13,17,19,21-22,25,27,41-42H,3-10,12,14-16,18,20,23-24,26,28-40,46H2,1-2H3,(H,49,50)(H,51,52);/b13-11-,19-17-,22-21-,27-25-;/t41-,42+;/m1./s1/i38D2,39D2,41D;. The Morgan fingerprint density at radius 3 is 1.50 bits per heavy atom. The molecule has 4 N–H and O–H groups in total. The molecule has 0 aliphatic carbocycles. The monoisotopic (exact) mass is 854 g/mol. The van der Waals surface area contributed by atoms with E-state index in [9.17, 15) is 23.8 Å². The first-order valence-corrected chi connectivity index (χ1v) is 23.1. The van der Waals surface area contributed by atoms with Crippen LogP contribution in [-0.2, 0) is 37.5 Å². The van der Waals surface area contributed by atoms with Gasteiger partial charge in [-0.3, -0.25) is 23.4 Å². The molecule has 331 valence electrons. The summed E-state index contributed by atoms with van der Waals surface area (Å²) in [4.78, 5) is 46.9. The van der Waals surface area contributed by atoms with Crippen LogP contribution < -0.4 is 5.73 Å². The van der Waals surface area contributed by atoms with E-state index in [-0.39, 0.29) is 48.8 Å². The van der Waals surface area contributed by atoms with Gasteiger partial charge in [-0.05, 0) is 57.8 Å². The normalized spacial score (nSPS) is 16.2. The molecule has 0 aliphatic heterocycles. The van der Waals surface area contributed by atoms with Gasteiger partial charge >= 0.3 is 25.7 Å². The van der Waals surface area contributed by atoms with Crippen molar-refractivity contribution in [1.29, 1.82) is 0 Å². The van der Waals surface area contributed by atoms with E-state index in [0.717, 1.165) is 57.8 Å². The minimum Gasteiger partial charge on any atom is -0.480 e. The molecule has 0 saturated heterocycles. The third-order valence-corrected chi connectivity index (χ3v) is 9.70. The largest absolute Gasteiger partial charge is 0.480 e. The predicted octanol–water partition coefficient (Wildman–Crippen LogP) is 11.4. The van der Waals surface area contributed by atoms with Crippen molar-refractivity contribution in [3.8, 4) is 0 Å². The fourth-order valence-electron chi connectivity index (χ4n) is 5.49. The van der Waals surface area contributed by atoms with Crippen molar-refractivity contribution in [2.75, 3.05) is 19.7 Å². The molecule has 0 spiro atoms. The molecule has 0 aromatic carbocycles. The summed E-state index contributed by atoms with van der Waals surface area (Å²) in [5.74, 6) is -4.01. The van der Waals surface area contributed by atoms with Crippen molar-refractivity contribution >= 4 is 55.3 Å². The number of esters is 2. The number of carboxylic acid groups (broad SMARTS) is 1. The number of ether oxygens (including phenoxy) is 2. The van der Waals surface area contributed by atoms with E-state index in [4.69, 9.17) is 27.2 Å². The van der Waals surface area contributed by atoms with Gasteiger partial charge in [-0.2, -0.15) is 0 Å². The topological polar surface area (TPSA) is 172 Å². The first-order valence-electron chi connectivity index (χ1n) is 24.1. The summed E-state index contributed by atoms with van der Waals surface area (Å²) in [6.07, 6.45) is 37.1. The summed E-state index contributed by atoms with van der Waals surface area (Å²) in [5.41, 5.74) is 5.28. The number of phosphoric acid groups is 1. The first kappa shape index (κ1) is 49.1. The van der Waals surface area contributed by atoms with Crippen LogP contribution in [0.4, 0.5) is 0 Å². The minimum atomic E-state index is -5.61. The van der Waals surface area contributed by atoms with E-state index in [1.807, 2.05) is 12.2 Å². The van der Waals surface area contributed by atoms with Crippen molar-refractivity contribution < 1.29 is 54.3 Å². The Hall–Kier alpha value is -1.56. The summed E-state index contributed by atoms with van der Waals surface area (Å²) >= 11 is 0. The Labute approximate surface area is 381 Å². The van der Waals surface area contributed by atoms with Gasteiger partial charge in [0.25, 0.3) is 0 Å². The molecule has 0 aliphatic rings. The van der Waals surface area contributed by atoms with Crippen LogP contribution in [0.25, 0.3) is 0 Å². The number of rotatable bonds is 41. The Morgan fingerprint density at radius 1 is 0.621 bits per heavy atom. The zero-order valence-electron chi connectivity index (χ0n) is 41.2. The molecule has 13 heteroatoms. The van der Waals surface area contributed by atoms with Crippen molar-refractivity contribution in [1.82, 2.24) is 0 Å².